The Kier molecular flexibility index (Phi) is 4.05. The molecule has 1 aliphatic rings. The lowest BCUT2D eigenvalue weighted by molar-refractivity contribution is -0.130. The zero-order chi connectivity index (χ0) is 15.5. The summed E-state index contributed by atoms with van der Waals surface area (Å²) < 4.78 is 0. The number of hydrogen-bond donors (Lipinski definition) is 0. The molecule has 3 nitrogen and oxygen atoms in total. The van der Waals surface area contributed by atoms with Crippen molar-refractivity contribution in [2.24, 2.45) is 11.8 Å². The number of likely N-dealkylation sites (tertiary alicyclic amines) is 1. The predicted molar refractivity (Wildman–Crippen MR) is 85.3 cm³/mol. The largest absolute Gasteiger partial charge is 0.337 e. The van der Waals surface area contributed by atoms with Crippen molar-refractivity contribution in [3.8, 4) is 0 Å². The van der Waals surface area contributed by atoms with Crippen LogP contribution < -0.4 is 0 Å². The molecule has 0 aromatic heterocycles. The number of nitrogens with zero attached hydrogens (tertiary/aromatic N) is 1. The Morgan fingerprint density at radius 3 is 2.27 bits per heavy atom. The third-order valence-corrected chi connectivity index (χ3v) is 4.21. The van der Waals surface area contributed by atoms with Crippen molar-refractivity contribution in [2.45, 2.75) is 13.5 Å². The molecule has 1 fully saturated rings. The standard InChI is InChI=1S/C19H19NO2/c1-14-12-20(13-15-8-4-2-5-9-15)19(22)17(14)18(21)16-10-6-3-7-11-16/h2-11,14,17H,12-13H2,1H3/t14-,17-/m0/s1. The SMILES string of the molecule is C[C@H]1CN(Cc2ccccc2)C(=O)[C@@H]1C(=O)c1ccccc1. The molecule has 3 rings (SSSR count). The Morgan fingerprint density at radius 2 is 1.64 bits per heavy atom. The molecule has 1 saturated heterocycles. The van der Waals surface area contributed by atoms with E-state index in [0.717, 1.165) is 5.56 Å². The molecule has 0 bridgehead atoms. The van der Waals surface area contributed by atoms with Crippen molar-refractivity contribution in [2.75, 3.05) is 6.54 Å². The highest BCUT2D eigenvalue weighted by molar-refractivity contribution is 6.11. The fourth-order valence-electron chi connectivity index (χ4n) is 3.08. The first-order chi connectivity index (χ1) is 10.7. The van der Waals surface area contributed by atoms with Gasteiger partial charge in [-0.3, -0.25) is 9.59 Å². The Bertz CT molecular complexity index is 666. The smallest absolute Gasteiger partial charge is 0.234 e. The molecule has 22 heavy (non-hydrogen) atoms. The minimum atomic E-state index is -0.550. The van der Waals surface area contributed by atoms with Gasteiger partial charge in [-0.2, -0.15) is 0 Å². The van der Waals surface area contributed by atoms with Crippen molar-refractivity contribution in [3.63, 3.8) is 0 Å². The van der Waals surface area contributed by atoms with Gasteiger partial charge in [0.2, 0.25) is 5.91 Å². The molecule has 0 N–H and O–H groups in total. The van der Waals surface area contributed by atoms with Gasteiger partial charge in [0.15, 0.2) is 5.78 Å². The lowest BCUT2D eigenvalue weighted by Crippen LogP contribution is -2.30. The monoisotopic (exact) mass is 293 g/mol. The van der Waals surface area contributed by atoms with E-state index < -0.39 is 5.92 Å². The Morgan fingerprint density at radius 1 is 1.05 bits per heavy atom. The van der Waals surface area contributed by atoms with Crippen LogP contribution in [0.2, 0.25) is 0 Å². The van der Waals surface area contributed by atoms with Crippen LogP contribution in [0.3, 0.4) is 0 Å². The van der Waals surface area contributed by atoms with Crippen LogP contribution in [-0.2, 0) is 11.3 Å². The maximum absolute atomic E-state index is 12.6. The second-order valence-electron chi connectivity index (χ2n) is 5.89. The van der Waals surface area contributed by atoms with Crippen LogP contribution in [0, 0.1) is 11.8 Å². The lowest BCUT2D eigenvalue weighted by atomic mass is 9.89. The first kappa shape index (κ1) is 14.5. The number of Topliss-reactive ketones (excluding diaryl/α,β-unsaturated/α-hetero) is 1. The molecular weight excluding hydrogens is 274 g/mol. The topological polar surface area (TPSA) is 37.4 Å². The number of benzene rings is 2. The Hall–Kier alpha value is -2.42. The highest BCUT2D eigenvalue weighted by Crippen LogP contribution is 2.29. The molecule has 1 heterocycles. The number of amides is 1. The van der Waals surface area contributed by atoms with Gasteiger partial charge in [0, 0.05) is 18.7 Å². The Balaban J connectivity index is 1.77. The van der Waals surface area contributed by atoms with Gasteiger partial charge in [-0.15, -0.1) is 0 Å². The van der Waals surface area contributed by atoms with E-state index in [0.29, 0.717) is 18.7 Å². The highest BCUT2D eigenvalue weighted by Gasteiger charge is 2.42. The third kappa shape index (κ3) is 2.80. The molecule has 2 aromatic rings. The molecule has 1 aliphatic heterocycles. The summed E-state index contributed by atoms with van der Waals surface area (Å²) in [6, 6.07) is 19.0. The van der Waals surface area contributed by atoms with Crippen molar-refractivity contribution >= 4 is 11.7 Å². The lowest BCUT2D eigenvalue weighted by Gasteiger charge is -2.16. The number of carbonyl (C=O) groups is 2. The predicted octanol–water partition coefficient (Wildman–Crippen LogP) is 3.16. The van der Waals surface area contributed by atoms with Crippen molar-refractivity contribution in [1.29, 1.82) is 0 Å². The summed E-state index contributed by atoms with van der Waals surface area (Å²) in [7, 11) is 0. The molecule has 0 aliphatic carbocycles. The van der Waals surface area contributed by atoms with E-state index in [1.165, 1.54) is 0 Å². The minimum absolute atomic E-state index is 0.0453. The van der Waals surface area contributed by atoms with Crippen LogP contribution in [0.15, 0.2) is 60.7 Å². The quantitative estimate of drug-likeness (QED) is 0.641. The van der Waals surface area contributed by atoms with Gasteiger partial charge in [-0.1, -0.05) is 67.6 Å². The summed E-state index contributed by atoms with van der Waals surface area (Å²) in [5.41, 5.74) is 1.71. The van der Waals surface area contributed by atoms with Gasteiger partial charge in [0.1, 0.15) is 5.92 Å². The molecule has 112 valence electrons. The van der Waals surface area contributed by atoms with E-state index in [9.17, 15) is 9.59 Å². The van der Waals surface area contributed by atoms with Gasteiger partial charge in [-0.25, -0.2) is 0 Å². The number of carbonyl (C=O) groups excluding carboxylic acids is 2. The van der Waals surface area contributed by atoms with E-state index in [2.05, 4.69) is 0 Å². The number of rotatable bonds is 4. The fourth-order valence-corrected chi connectivity index (χ4v) is 3.08. The number of ketones is 1. The zero-order valence-electron chi connectivity index (χ0n) is 12.6. The molecule has 0 spiro atoms. The van der Waals surface area contributed by atoms with Crippen molar-refractivity contribution < 1.29 is 9.59 Å². The van der Waals surface area contributed by atoms with Gasteiger partial charge < -0.3 is 4.90 Å². The van der Waals surface area contributed by atoms with Gasteiger partial charge in [0.05, 0.1) is 0 Å². The molecule has 1 amide bonds. The van der Waals surface area contributed by atoms with E-state index >= 15 is 0 Å². The van der Waals surface area contributed by atoms with Crippen LogP contribution in [0.5, 0.6) is 0 Å². The van der Waals surface area contributed by atoms with E-state index in [1.54, 1.807) is 17.0 Å². The highest BCUT2D eigenvalue weighted by atomic mass is 16.2. The fraction of sp³-hybridized carbons (Fsp3) is 0.263. The van der Waals surface area contributed by atoms with Crippen LogP contribution in [0.25, 0.3) is 0 Å². The Labute approximate surface area is 130 Å². The van der Waals surface area contributed by atoms with Crippen LogP contribution in [0.1, 0.15) is 22.8 Å². The third-order valence-electron chi connectivity index (χ3n) is 4.21. The maximum Gasteiger partial charge on any atom is 0.234 e. The molecular formula is C19H19NO2. The van der Waals surface area contributed by atoms with E-state index in [4.69, 9.17) is 0 Å². The summed E-state index contributed by atoms with van der Waals surface area (Å²) in [4.78, 5) is 27.1. The molecule has 0 unspecified atom stereocenters. The van der Waals surface area contributed by atoms with Crippen molar-refractivity contribution in [1.82, 2.24) is 4.90 Å². The second kappa shape index (κ2) is 6.14. The molecule has 2 aromatic carbocycles. The van der Waals surface area contributed by atoms with Gasteiger partial charge in [-0.05, 0) is 11.5 Å². The summed E-state index contributed by atoms with van der Waals surface area (Å²) in [6.45, 7) is 3.19. The van der Waals surface area contributed by atoms with Crippen molar-refractivity contribution in [3.05, 3.63) is 71.8 Å². The summed E-state index contributed by atoms with van der Waals surface area (Å²) in [5.74, 6) is -0.617. The van der Waals surface area contributed by atoms with Crippen LogP contribution in [0.4, 0.5) is 0 Å². The minimum Gasteiger partial charge on any atom is -0.337 e. The van der Waals surface area contributed by atoms with E-state index in [-0.39, 0.29) is 17.6 Å². The first-order valence-corrected chi connectivity index (χ1v) is 7.59. The van der Waals surface area contributed by atoms with E-state index in [1.807, 2.05) is 55.5 Å². The second-order valence-corrected chi connectivity index (χ2v) is 5.89. The average molecular weight is 293 g/mol. The van der Waals surface area contributed by atoms with Gasteiger partial charge in [0.25, 0.3) is 0 Å². The molecule has 3 heteroatoms. The van der Waals surface area contributed by atoms with Crippen LogP contribution >= 0.6 is 0 Å². The molecule has 2 atom stereocenters. The summed E-state index contributed by atoms with van der Waals surface area (Å²) >= 11 is 0. The molecule has 0 saturated carbocycles. The van der Waals surface area contributed by atoms with Gasteiger partial charge >= 0.3 is 0 Å². The summed E-state index contributed by atoms with van der Waals surface area (Å²) in [5, 5.41) is 0. The normalized spacial score (nSPS) is 21.1. The average Bonchev–Trinajstić information content (AvgIpc) is 2.82. The zero-order valence-corrected chi connectivity index (χ0v) is 12.6. The maximum atomic E-state index is 12.6. The first-order valence-electron chi connectivity index (χ1n) is 7.59. The van der Waals surface area contributed by atoms with Crippen LogP contribution in [-0.4, -0.2) is 23.1 Å². The summed E-state index contributed by atoms with van der Waals surface area (Å²) in [6.07, 6.45) is 0. The number of hydrogen-bond acceptors (Lipinski definition) is 2. The molecule has 0 radical (unpaired) electrons.